The maximum Gasteiger partial charge on any atom is 0.338 e. The van der Waals surface area contributed by atoms with Crippen molar-refractivity contribution in [3.8, 4) is 5.75 Å². The Hall–Kier alpha value is -4.33. The van der Waals surface area contributed by atoms with Crippen molar-refractivity contribution in [2.24, 2.45) is 0 Å². The highest BCUT2D eigenvalue weighted by Crippen LogP contribution is 2.26. The average Bonchev–Trinajstić information content (AvgIpc) is 3.17. The molecule has 0 aromatic heterocycles. The SMILES string of the molecule is CCCCCCCCCCCCCCCCCCOc1cc(C(=O)OC)cc(N(CC(=O)OCc2ccccc2)CC(=O)OCc2ccccc2)c1. The van der Waals surface area contributed by atoms with Crippen molar-refractivity contribution in [2.45, 2.75) is 123 Å². The first-order valence-electron chi connectivity index (χ1n) is 19.5. The van der Waals surface area contributed by atoms with E-state index in [1.165, 1.54) is 102 Å². The van der Waals surface area contributed by atoms with E-state index in [1.54, 1.807) is 18.2 Å². The molecule has 0 saturated heterocycles. The van der Waals surface area contributed by atoms with Crippen LogP contribution in [0, 0.1) is 0 Å². The van der Waals surface area contributed by atoms with E-state index < -0.39 is 17.9 Å². The minimum atomic E-state index is -0.549. The van der Waals surface area contributed by atoms with Crippen LogP contribution in [0.3, 0.4) is 0 Å². The van der Waals surface area contributed by atoms with Gasteiger partial charge in [0.25, 0.3) is 0 Å². The van der Waals surface area contributed by atoms with Crippen LogP contribution in [0.4, 0.5) is 5.69 Å². The van der Waals surface area contributed by atoms with E-state index in [9.17, 15) is 14.4 Å². The highest BCUT2D eigenvalue weighted by Gasteiger charge is 2.21. The van der Waals surface area contributed by atoms with E-state index in [0.29, 0.717) is 18.0 Å². The highest BCUT2D eigenvalue weighted by molar-refractivity contribution is 5.92. The van der Waals surface area contributed by atoms with E-state index in [0.717, 1.165) is 24.0 Å². The van der Waals surface area contributed by atoms with Gasteiger partial charge in [-0.1, -0.05) is 164 Å². The lowest BCUT2D eigenvalue weighted by Gasteiger charge is -2.24. The molecule has 0 aliphatic heterocycles. The minimum absolute atomic E-state index is 0.0990. The molecule has 0 bridgehead atoms. The van der Waals surface area contributed by atoms with Crippen LogP contribution < -0.4 is 9.64 Å². The second-order valence-electron chi connectivity index (χ2n) is 13.5. The zero-order valence-electron chi connectivity index (χ0n) is 31.7. The Balaban J connectivity index is 1.49. The largest absolute Gasteiger partial charge is 0.493 e. The molecule has 3 aromatic carbocycles. The van der Waals surface area contributed by atoms with Crippen LogP contribution in [-0.4, -0.2) is 44.7 Å². The maximum atomic E-state index is 13.0. The molecule has 8 nitrogen and oxygen atoms in total. The predicted molar refractivity (Wildman–Crippen MR) is 208 cm³/mol. The zero-order chi connectivity index (χ0) is 37.1. The standard InChI is InChI=1S/C44H61NO7/c1-3-4-5-6-7-8-9-10-11-12-13-14-15-16-17-24-29-50-41-31-39(44(48)49-2)30-40(32-41)45(33-42(46)51-35-37-25-20-18-21-26-37)34-43(47)52-36-38-27-22-19-23-28-38/h18-23,25-28,30-32H,3-17,24,29,33-36H2,1-2H3. The summed E-state index contributed by atoms with van der Waals surface area (Å²) in [6.45, 7) is 2.47. The molecule has 284 valence electrons. The fraction of sp³-hybridized carbons (Fsp3) is 0.523. The van der Waals surface area contributed by atoms with Gasteiger partial charge in [-0.05, 0) is 29.7 Å². The smallest absolute Gasteiger partial charge is 0.338 e. The van der Waals surface area contributed by atoms with E-state index in [-0.39, 0.29) is 31.9 Å². The Morgan fingerprint density at radius 3 is 1.44 bits per heavy atom. The molecule has 0 radical (unpaired) electrons. The molecular formula is C44H61NO7. The van der Waals surface area contributed by atoms with Crippen LogP contribution >= 0.6 is 0 Å². The molecule has 0 aliphatic carbocycles. The summed E-state index contributed by atoms with van der Waals surface area (Å²) in [5.74, 6) is -1.15. The summed E-state index contributed by atoms with van der Waals surface area (Å²) < 4.78 is 22.2. The van der Waals surface area contributed by atoms with Gasteiger partial charge >= 0.3 is 17.9 Å². The summed E-state index contributed by atoms with van der Waals surface area (Å²) in [4.78, 5) is 40.2. The molecular weight excluding hydrogens is 654 g/mol. The van der Waals surface area contributed by atoms with Crippen LogP contribution in [0.5, 0.6) is 5.75 Å². The molecule has 0 heterocycles. The van der Waals surface area contributed by atoms with E-state index in [4.69, 9.17) is 18.9 Å². The van der Waals surface area contributed by atoms with Crippen LogP contribution in [0.2, 0.25) is 0 Å². The van der Waals surface area contributed by atoms with Crippen molar-refractivity contribution >= 4 is 23.6 Å². The molecule has 0 spiro atoms. The summed E-state index contributed by atoms with van der Waals surface area (Å²) in [5, 5.41) is 0. The van der Waals surface area contributed by atoms with Crippen molar-refractivity contribution in [2.75, 3.05) is 31.7 Å². The second-order valence-corrected chi connectivity index (χ2v) is 13.5. The number of hydrogen-bond acceptors (Lipinski definition) is 8. The molecule has 3 aromatic rings. The summed E-state index contributed by atoms with van der Waals surface area (Å²) in [7, 11) is 1.31. The number of hydrogen-bond donors (Lipinski definition) is 0. The first kappa shape index (κ1) is 42.1. The molecule has 8 heteroatoms. The van der Waals surface area contributed by atoms with Gasteiger partial charge in [-0.15, -0.1) is 0 Å². The zero-order valence-corrected chi connectivity index (χ0v) is 31.7. The molecule has 0 N–H and O–H groups in total. The summed E-state index contributed by atoms with van der Waals surface area (Å²) in [6, 6.07) is 23.7. The van der Waals surface area contributed by atoms with Gasteiger partial charge < -0.3 is 23.8 Å². The quantitative estimate of drug-likeness (QED) is 0.0417. The Morgan fingerprint density at radius 1 is 0.558 bits per heavy atom. The maximum absolute atomic E-state index is 13.0. The number of carbonyl (C=O) groups excluding carboxylic acids is 3. The Kier molecular flexibility index (Phi) is 21.4. The lowest BCUT2D eigenvalue weighted by atomic mass is 10.0. The lowest BCUT2D eigenvalue weighted by Crippen LogP contribution is -2.36. The van der Waals surface area contributed by atoms with Crippen molar-refractivity contribution in [1.82, 2.24) is 0 Å². The molecule has 52 heavy (non-hydrogen) atoms. The van der Waals surface area contributed by atoms with Crippen molar-refractivity contribution in [1.29, 1.82) is 0 Å². The first-order valence-corrected chi connectivity index (χ1v) is 19.5. The number of esters is 3. The molecule has 3 rings (SSSR count). The number of anilines is 1. The van der Waals surface area contributed by atoms with Gasteiger partial charge in [-0.25, -0.2) is 4.79 Å². The van der Waals surface area contributed by atoms with Crippen molar-refractivity contribution < 1.29 is 33.3 Å². The molecule has 0 aliphatic rings. The van der Waals surface area contributed by atoms with Crippen molar-refractivity contribution in [3.63, 3.8) is 0 Å². The fourth-order valence-electron chi connectivity index (χ4n) is 6.04. The van der Waals surface area contributed by atoms with Gasteiger partial charge in [-0.2, -0.15) is 0 Å². The number of ether oxygens (including phenoxy) is 4. The van der Waals surface area contributed by atoms with Crippen LogP contribution in [-0.2, 0) is 37.0 Å². The third-order valence-electron chi connectivity index (χ3n) is 9.07. The Morgan fingerprint density at radius 2 is 1.00 bits per heavy atom. The fourth-order valence-corrected chi connectivity index (χ4v) is 6.04. The summed E-state index contributed by atoms with van der Waals surface area (Å²) in [5.41, 5.74) is 2.39. The monoisotopic (exact) mass is 715 g/mol. The molecule has 0 saturated carbocycles. The second kappa shape index (κ2) is 26.4. The van der Waals surface area contributed by atoms with E-state index >= 15 is 0 Å². The van der Waals surface area contributed by atoms with Gasteiger partial charge in [0.2, 0.25) is 0 Å². The van der Waals surface area contributed by atoms with Crippen LogP contribution in [0.15, 0.2) is 78.9 Å². The molecule has 0 fully saturated rings. The van der Waals surface area contributed by atoms with E-state index in [2.05, 4.69) is 6.92 Å². The number of nitrogens with zero attached hydrogens (tertiary/aromatic N) is 1. The average molecular weight is 716 g/mol. The normalized spacial score (nSPS) is 10.8. The number of methoxy groups -OCH3 is 1. The number of unbranched alkanes of at least 4 members (excludes halogenated alkanes) is 15. The van der Waals surface area contributed by atoms with Gasteiger partial charge in [0.15, 0.2) is 0 Å². The highest BCUT2D eigenvalue weighted by atomic mass is 16.5. The third-order valence-corrected chi connectivity index (χ3v) is 9.07. The van der Waals surface area contributed by atoms with Gasteiger partial charge in [0.05, 0.1) is 19.3 Å². The van der Waals surface area contributed by atoms with Gasteiger partial charge in [-0.3, -0.25) is 9.59 Å². The van der Waals surface area contributed by atoms with Crippen LogP contribution in [0.25, 0.3) is 0 Å². The van der Waals surface area contributed by atoms with Crippen LogP contribution in [0.1, 0.15) is 131 Å². The van der Waals surface area contributed by atoms with Crippen molar-refractivity contribution in [3.05, 3.63) is 95.6 Å². The predicted octanol–water partition coefficient (Wildman–Crippen LogP) is 10.4. The van der Waals surface area contributed by atoms with E-state index in [1.807, 2.05) is 60.7 Å². The summed E-state index contributed by atoms with van der Waals surface area (Å²) in [6.07, 6.45) is 20.7. The minimum Gasteiger partial charge on any atom is -0.493 e. The Bertz CT molecular complexity index is 1360. The third kappa shape index (κ3) is 18.2. The first-order chi connectivity index (χ1) is 25.5. The Labute approximate surface area is 312 Å². The lowest BCUT2D eigenvalue weighted by molar-refractivity contribution is -0.144. The van der Waals surface area contributed by atoms with Gasteiger partial charge in [0, 0.05) is 11.8 Å². The number of rotatable bonds is 28. The number of benzene rings is 3. The number of carbonyl (C=O) groups is 3. The molecule has 0 atom stereocenters. The topological polar surface area (TPSA) is 91.4 Å². The van der Waals surface area contributed by atoms with Gasteiger partial charge in [0.1, 0.15) is 32.1 Å². The molecule has 0 unspecified atom stereocenters. The summed E-state index contributed by atoms with van der Waals surface area (Å²) >= 11 is 0. The molecule has 0 amide bonds.